The Bertz CT molecular complexity index is 202. The monoisotopic (exact) mass is 198 g/mol. The number of cyclic esters (lactones) is 1. The van der Waals surface area contributed by atoms with Gasteiger partial charge in [0.25, 0.3) is 0 Å². The van der Waals surface area contributed by atoms with Crippen LogP contribution in [0.5, 0.6) is 0 Å². The fraction of sp³-hybridized carbons (Fsp3) is 0.900. The van der Waals surface area contributed by atoms with Gasteiger partial charge in [0.15, 0.2) is 0 Å². The number of esters is 1. The summed E-state index contributed by atoms with van der Waals surface area (Å²) in [5.74, 6) is -0.0403. The van der Waals surface area contributed by atoms with Gasteiger partial charge in [0.1, 0.15) is 6.61 Å². The van der Waals surface area contributed by atoms with E-state index in [4.69, 9.17) is 4.74 Å². The molecule has 0 aromatic heterocycles. The number of piperidine rings is 1. The molecule has 14 heavy (non-hydrogen) atoms. The van der Waals surface area contributed by atoms with Gasteiger partial charge in [-0.05, 0) is 25.9 Å². The lowest BCUT2D eigenvalue weighted by atomic mass is 10.0. The highest BCUT2D eigenvalue weighted by Gasteiger charge is 2.23. The number of carbonyl (C=O) groups excluding carboxylic acids is 1. The van der Waals surface area contributed by atoms with Gasteiger partial charge >= 0.3 is 5.97 Å². The SMILES string of the molecule is O=C1CCN(C2CCNCC2)CCO1. The molecular weight excluding hydrogens is 180 g/mol. The second-order valence-corrected chi connectivity index (χ2v) is 3.99. The summed E-state index contributed by atoms with van der Waals surface area (Å²) in [6, 6.07) is 0.658. The molecule has 0 atom stereocenters. The Morgan fingerprint density at radius 2 is 2.07 bits per heavy atom. The lowest BCUT2D eigenvalue weighted by Gasteiger charge is -2.32. The van der Waals surface area contributed by atoms with Crippen LogP contribution >= 0.6 is 0 Å². The van der Waals surface area contributed by atoms with Crippen LogP contribution in [0, 0.1) is 0 Å². The van der Waals surface area contributed by atoms with Crippen LogP contribution in [-0.2, 0) is 9.53 Å². The molecule has 0 aromatic rings. The maximum Gasteiger partial charge on any atom is 0.307 e. The van der Waals surface area contributed by atoms with Crippen LogP contribution in [0.25, 0.3) is 0 Å². The molecule has 2 rings (SSSR count). The summed E-state index contributed by atoms with van der Waals surface area (Å²) in [5.41, 5.74) is 0. The predicted octanol–water partition coefficient (Wildman–Crippen LogP) is -0.0127. The second kappa shape index (κ2) is 4.75. The van der Waals surface area contributed by atoms with Crippen molar-refractivity contribution in [1.29, 1.82) is 0 Å². The van der Waals surface area contributed by atoms with Crippen molar-refractivity contribution in [2.75, 3.05) is 32.8 Å². The van der Waals surface area contributed by atoms with Crippen molar-refractivity contribution in [2.45, 2.75) is 25.3 Å². The molecular formula is C10H18N2O2. The third-order valence-corrected chi connectivity index (χ3v) is 3.07. The van der Waals surface area contributed by atoms with E-state index < -0.39 is 0 Å². The molecule has 0 aromatic carbocycles. The molecule has 4 heteroatoms. The molecule has 0 radical (unpaired) electrons. The molecule has 0 spiro atoms. The maximum absolute atomic E-state index is 11.1. The Morgan fingerprint density at radius 1 is 1.29 bits per heavy atom. The van der Waals surface area contributed by atoms with Gasteiger partial charge in [0.2, 0.25) is 0 Å². The molecule has 2 fully saturated rings. The number of carbonyl (C=O) groups is 1. The first kappa shape index (κ1) is 9.93. The topological polar surface area (TPSA) is 41.6 Å². The highest BCUT2D eigenvalue weighted by atomic mass is 16.5. The van der Waals surface area contributed by atoms with E-state index in [1.54, 1.807) is 0 Å². The zero-order valence-corrected chi connectivity index (χ0v) is 8.50. The summed E-state index contributed by atoms with van der Waals surface area (Å²) >= 11 is 0. The fourth-order valence-corrected chi connectivity index (χ4v) is 2.23. The summed E-state index contributed by atoms with van der Waals surface area (Å²) in [6.07, 6.45) is 2.96. The van der Waals surface area contributed by atoms with Crippen molar-refractivity contribution in [3.63, 3.8) is 0 Å². The number of ether oxygens (including phenoxy) is 1. The summed E-state index contributed by atoms with van der Waals surface area (Å²) in [7, 11) is 0. The van der Waals surface area contributed by atoms with Gasteiger partial charge < -0.3 is 10.1 Å². The number of hydrogen-bond acceptors (Lipinski definition) is 4. The van der Waals surface area contributed by atoms with E-state index in [2.05, 4.69) is 10.2 Å². The molecule has 0 amide bonds. The molecule has 0 saturated carbocycles. The minimum absolute atomic E-state index is 0.0403. The van der Waals surface area contributed by atoms with Gasteiger partial charge in [-0.1, -0.05) is 0 Å². The highest BCUT2D eigenvalue weighted by Crippen LogP contribution is 2.13. The van der Waals surface area contributed by atoms with E-state index in [0.717, 1.165) is 26.2 Å². The Hall–Kier alpha value is -0.610. The molecule has 2 heterocycles. The minimum Gasteiger partial charge on any atom is -0.464 e. The molecule has 0 aliphatic carbocycles. The van der Waals surface area contributed by atoms with E-state index in [9.17, 15) is 4.79 Å². The van der Waals surface area contributed by atoms with E-state index >= 15 is 0 Å². The molecule has 4 nitrogen and oxygen atoms in total. The van der Waals surface area contributed by atoms with Crippen LogP contribution in [0.3, 0.4) is 0 Å². The van der Waals surface area contributed by atoms with E-state index in [1.165, 1.54) is 12.8 Å². The standard InChI is InChI=1S/C10H18N2O2/c13-10-3-6-12(7-8-14-10)9-1-4-11-5-2-9/h9,11H,1-8H2. The molecule has 80 valence electrons. The van der Waals surface area contributed by atoms with E-state index in [1.807, 2.05) is 0 Å². The molecule has 0 unspecified atom stereocenters. The first-order valence-corrected chi connectivity index (χ1v) is 5.46. The molecule has 2 saturated heterocycles. The number of hydrogen-bond donors (Lipinski definition) is 1. The van der Waals surface area contributed by atoms with Crippen LogP contribution in [0.1, 0.15) is 19.3 Å². The van der Waals surface area contributed by atoms with Crippen LogP contribution < -0.4 is 5.32 Å². The van der Waals surface area contributed by atoms with Crippen molar-refractivity contribution < 1.29 is 9.53 Å². The van der Waals surface area contributed by atoms with E-state index in [-0.39, 0.29) is 5.97 Å². The molecule has 1 N–H and O–H groups in total. The van der Waals surface area contributed by atoms with Gasteiger partial charge in [-0.25, -0.2) is 0 Å². The summed E-state index contributed by atoms with van der Waals surface area (Å²) in [6.45, 7) is 4.58. The van der Waals surface area contributed by atoms with Crippen LogP contribution in [-0.4, -0.2) is 49.7 Å². The first-order chi connectivity index (χ1) is 6.86. The zero-order chi connectivity index (χ0) is 9.80. The third-order valence-electron chi connectivity index (χ3n) is 3.07. The molecule has 0 bridgehead atoms. The normalized spacial score (nSPS) is 27.0. The lowest BCUT2D eigenvalue weighted by Crippen LogP contribution is -2.44. The van der Waals surface area contributed by atoms with Crippen LogP contribution in [0.4, 0.5) is 0 Å². The number of nitrogens with zero attached hydrogens (tertiary/aromatic N) is 1. The Morgan fingerprint density at radius 3 is 2.86 bits per heavy atom. The average molecular weight is 198 g/mol. The lowest BCUT2D eigenvalue weighted by molar-refractivity contribution is -0.142. The Kier molecular flexibility index (Phi) is 3.37. The highest BCUT2D eigenvalue weighted by molar-refractivity contribution is 5.69. The van der Waals surface area contributed by atoms with Crippen LogP contribution in [0.2, 0.25) is 0 Å². The van der Waals surface area contributed by atoms with Gasteiger partial charge in [0, 0.05) is 19.1 Å². The van der Waals surface area contributed by atoms with Crippen molar-refractivity contribution in [1.82, 2.24) is 10.2 Å². The summed E-state index contributed by atoms with van der Waals surface area (Å²) < 4.78 is 5.03. The number of nitrogens with one attached hydrogen (secondary N) is 1. The van der Waals surface area contributed by atoms with Gasteiger partial charge in [-0.3, -0.25) is 9.69 Å². The van der Waals surface area contributed by atoms with Crippen molar-refractivity contribution in [3.05, 3.63) is 0 Å². The van der Waals surface area contributed by atoms with Crippen LogP contribution in [0.15, 0.2) is 0 Å². The fourth-order valence-electron chi connectivity index (χ4n) is 2.23. The Labute approximate surface area is 84.6 Å². The van der Waals surface area contributed by atoms with Crippen molar-refractivity contribution in [2.24, 2.45) is 0 Å². The zero-order valence-electron chi connectivity index (χ0n) is 8.50. The van der Waals surface area contributed by atoms with E-state index in [0.29, 0.717) is 19.1 Å². The third kappa shape index (κ3) is 2.45. The predicted molar refractivity (Wildman–Crippen MR) is 53.0 cm³/mol. The van der Waals surface area contributed by atoms with Crippen molar-refractivity contribution in [3.8, 4) is 0 Å². The number of rotatable bonds is 1. The van der Waals surface area contributed by atoms with Gasteiger partial charge in [-0.15, -0.1) is 0 Å². The Balaban J connectivity index is 1.86. The maximum atomic E-state index is 11.1. The largest absolute Gasteiger partial charge is 0.464 e. The minimum atomic E-state index is -0.0403. The van der Waals surface area contributed by atoms with Gasteiger partial charge in [-0.2, -0.15) is 0 Å². The average Bonchev–Trinajstić information content (AvgIpc) is 2.44. The molecule has 2 aliphatic heterocycles. The van der Waals surface area contributed by atoms with Crippen molar-refractivity contribution >= 4 is 5.97 Å². The summed E-state index contributed by atoms with van der Waals surface area (Å²) in [4.78, 5) is 13.5. The molecule has 2 aliphatic rings. The van der Waals surface area contributed by atoms with Gasteiger partial charge in [0.05, 0.1) is 6.42 Å². The second-order valence-electron chi connectivity index (χ2n) is 3.99. The first-order valence-electron chi connectivity index (χ1n) is 5.46. The summed E-state index contributed by atoms with van der Waals surface area (Å²) in [5, 5.41) is 3.35. The quantitative estimate of drug-likeness (QED) is 0.602. The smallest absolute Gasteiger partial charge is 0.307 e.